The van der Waals surface area contributed by atoms with Crippen LogP contribution in [-0.4, -0.2) is 58.5 Å². The number of hydrogen-bond acceptors (Lipinski definition) is 4. The molecule has 0 atom stereocenters. The molecule has 1 aliphatic rings. The number of nitrogens with zero attached hydrogens (tertiary/aromatic N) is 4. The second-order valence-electron chi connectivity index (χ2n) is 10.4. The Kier molecular flexibility index (Phi) is 7.77. The summed E-state index contributed by atoms with van der Waals surface area (Å²) in [5.74, 6) is 0.718. The highest BCUT2D eigenvalue weighted by Gasteiger charge is 2.30. The van der Waals surface area contributed by atoms with Crippen LogP contribution in [0.2, 0.25) is 0 Å². The summed E-state index contributed by atoms with van der Waals surface area (Å²) >= 11 is 0. The van der Waals surface area contributed by atoms with Crippen LogP contribution in [0.15, 0.2) is 97.2 Å². The maximum Gasteiger partial charge on any atom is 0.416 e. The zero-order chi connectivity index (χ0) is 30.0. The number of pyridine rings is 1. The minimum atomic E-state index is -4.42. The Labute approximate surface area is 247 Å². The molecule has 0 saturated carbocycles. The van der Waals surface area contributed by atoms with Crippen molar-refractivity contribution < 1.29 is 22.7 Å². The van der Waals surface area contributed by atoms with Crippen LogP contribution < -0.4 is 10.1 Å². The van der Waals surface area contributed by atoms with E-state index in [1.54, 1.807) is 48.4 Å². The van der Waals surface area contributed by atoms with Gasteiger partial charge >= 0.3 is 12.2 Å². The lowest BCUT2D eigenvalue weighted by Crippen LogP contribution is -2.49. The van der Waals surface area contributed by atoms with Gasteiger partial charge in [-0.2, -0.15) is 13.2 Å². The predicted octanol–water partition coefficient (Wildman–Crippen LogP) is 7.05. The summed E-state index contributed by atoms with van der Waals surface area (Å²) in [5, 5.41) is 2.94. The van der Waals surface area contributed by atoms with Crippen LogP contribution in [0, 0.1) is 0 Å². The van der Waals surface area contributed by atoms with Gasteiger partial charge in [-0.1, -0.05) is 42.5 Å². The Balaban J connectivity index is 1.24. The second kappa shape index (κ2) is 11.8. The molecule has 1 saturated heterocycles. The van der Waals surface area contributed by atoms with Gasteiger partial charge in [0.15, 0.2) is 0 Å². The third kappa shape index (κ3) is 6.19. The maximum atomic E-state index is 13.4. The van der Waals surface area contributed by atoms with Gasteiger partial charge in [-0.25, -0.2) is 9.78 Å². The quantitative estimate of drug-likeness (QED) is 0.232. The van der Waals surface area contributed by atoms with E-state index in [0.717, 1.165) is 28.8 Å². The Hall–Kier alpha value is -4.83. The van der Waals surface area contributed by atoms with Gasteiger partial charge in [-0.3, -0.25) is 4.90 Å². The highest BCUT2D eigenvalue weighted by Crippen LogP contribution is 2.33. The first-order valence-electron chi connectivity index (χ1n) is 13.9. The molecule has 0 unspecified atom stereocenters. The lowest BCUT2D eigenvalue weighted by molar-refractivity contribution is -0.137. The molecule has 0 aliphatic carbocycles. The molecule has 7 nitrogen and oxygen atoms in total. The molecular formula is C33H30F3N5O2. The first-order valence-corrected chi connectivity index (χ1v) is 13.9. The highest BCUT2D eigenvalue weighted by atomic mass is 19.4. The molecule has 43 heavy (non-hydrogen) atoms. The van der Waals surface area contributed by atoms with Crippen molar-refractivity contribution in [2.24, 2.45) is 0 Å². The summed E-state index contributed by atoms with van der Waals surface area (Å²) in [6, 6.07) is 25.9. The third-order valence-corrected chi connectivity index (χ3v) is 7.66. The lowest BCUT2D eigenvalue weighted by atomic mass is 10.0. The summed E-state index contributed by atoms with van der Waals surface area (Å²) in [4.78, 5) is 21.9. The van der Waals surface area contributed by atoms with E-state index in [0.29, 0.717) is 55.2 Å². The zero-order valence-electron chi connectivity index (χ0n) is 23.5. The van der Waals surface area contributed by atoms with Crippen molar-refractivity contribution in [3.8, 4) is 28.1 Å². The van der Waals surface area contributed by atoms with Crippen LogP contribution in [0.4, 0.5) is 23.7 Å². The van der Waals surface area contributed by atoms with Crippen molar-refractivity contribution in [3.05, 3.63) is 108 Å². The number of piperazine rings is 1. The fourth-order valence-corrected chi connectivity index (χ4v) is 5.32. The number of methoxy groups -OCH3 is 1. The van der Waals surface area contributed by atoms with Crippen molar-refractivity contribution in [2.75, 3.05) is 38.6 Å². The normalized spacial score (nSPS) is 14.2. The number of ether oxygens (including phenoxy) is 1. The number of urea groups is 1. The topological polar surface area (TPSA) is 62.1 Å². The van der Waals surface area contributed by atoms with Crippen molar-refractivity contribution in [2.45, 2.75) is 12.7 Å². The van der Waals surface area contributed by atoms with Crippen molar-refractivity contribution in [1.82, 2.24) is 19.2 Å². The summed E-state index contributed by atoms with van der Waals surface area (Å²) in [6.45, 7) is 2.98. The van der Waals surface area contributed by atoms with Gasteiger partial charge in [0.2, 0.25) is 0 Å². The van der Waals surface area contributed by atoms with Crippen LogP contribution >= 0.6 is 0 Å². The minimum absolute atomic E-state index is 0.157. The molecule has 2 amide bonds. The predicted molar refractivity (Wildman–Crippen MR) is 160 cm³/mol. The van der Waals surface area contributed by atoms with Gasteiger partial charge in [0.05, 0.1) is 24.1 Å². The smallest absolute Gasteiger partial charge is 0.416 e. The first-order chi connectivity index (χ1) is 20.8. The van der Waals surface area contributed by atoms with Crippen LogP contribution in [0.5, 0.6) is 5.75 Å². The average Bonchev–Trinajstić information content (AvgIpc) is 3.39. The molecule has 1 N–H and O–H groups in total. The van der Waals surface area contributed by atoms with E-state index in [4.69, 9.17) is 9.72 Å². The Morgan fingerprint density at radius 1 is 0.860 bits per heavy atom. The largest absolute Gasteiger partial charge is 0.497 e. The number of carbonyl (C=O) groups excluding carboxylic acids is 1. The van der Waals surface area contributed by atoms with E-state index in [2.05, 4.69) is 10.2 Å². The second-order valence-corrected chi connectivity index (χ2v) is 10.4. The third-order valence-electron chi connectivity index (χ3n) is 7.66. The van der Waals surface area contributed by atoms with E-state index >= 15 is 0 Å². The summed E-state index contributed by atoms with van der Waals surface area (Å²) in [7, 11) is 1.60. The number of carbonyl (C=O) groups is 1. The molecule has 6 rings (SSSR count). The van der Waals surface area contributed by atoms with E-state index in [9.17, 15) is 18.0 Å². The van der Waals surface area contributed by atoms with Crippen LogP contribution in [0.3, 0.4) is 0 Å². The number of imidazole rings is 1. The Bertz CT molecular complexity index is 1730. The number of halogens is 3. The molecule has 1 aliphatic heterocycles. The maximum absolute atomic E-state index is 13.4. The van der Waals surface area contributed by atoms with Crippen molar-refractivity contribution in [1.29, 1.82) is 0 Å². The lowest BCUT2D eigenvalue weighted by Gasteiger charge is -2.34. The number of anilines is 1. The van der Waals surface area contributed by atoms with E-state index in [1.165, 1.54) is 12.1 Å². The van der Waals surface area contributed by atoms with E-state index in [1.807, 2.05) is 47.0 Å². The molecule has 1 fully saturated rings. The number of rotatable bonds is 6. The molecule has 0 spiro atoms. The standard InChI is InChI=1S/C33H30F3N5O2/c1-43-28-13-11-27(12-14-28)37-32(42)40-18-16-39(17-19-40)22-29-31(23-6-3-2-4-7-23)38-30-15-10-25(21-41(29)30)24-8-5-9-26(20-24)33(34,35)36/h2-15,20-21H,16-19,22H2,1H3,(H,37,42). The molecule has 10 heteroatoms. The number of aromatic nitrogens is 2. The summed E-state index contributed by atoms with van der Waals surface area (Å²) < 4.78 is 47.4. The van der Waals surface area contributed by atoms with Crippen LogP contribution in [0.1, 0.15) is 11.3 Å². The summed E-state index contributed by atoms with van der Waals surface area (Å²) in [6.07, 6.45) is -2.56. The number of nitrogens with one attached hydrogen (secondary N) is 1. The molecule has 3 aromatic carbocycles. The van der Waals surface area contributed by atoms with Crippen LogP contribution in [0.25, 0.3) is 28.0 Å². The zero-order valence-corrected chi connectivity index (χ0v) is 23.5. The number of fused-ring (bicyclic) bond motifs is 1. The average molecular weight is 586 g/mol. The fourth-order valence-electron chi connectivity index (χ4n) is 5.32. The van der Waals surface area contributed by atoms with Gasteiger partial charge in [0.25, 0.3) is 0 Å². The highest BCUT2D eigenvalue weighted by molar-refractivity contribution is 5.89. The molecule has 2 aromatic heterocycles. The Morgan fingerprint density at radius 2 is 1.58 bits per heavy atom. The minimum Gasteiger partial charge on any atom is -0.497 e. The van der Waals surface area contributed by atoms with Crippen molar-refractivity contribution >= 4 is 17.4 Å². The first kappa shape index (κ1) is 28.3. The van der Waals surface area contributed by atoms with Gasteiger partial charge in [-0.05, 0) is 59.7 Å². The van der Waals surface area contributed by atoms with E-state index in [-0.39, 0.29) is 6.03 Å². The SMILES string of the molecule is COc1ccc(NC(=O)N2CCN(Cc3c(-c4ccccc4)nc4ccc(-c5cccc(C(F)(F)F)c5)cn34)CC2)cc1. The fraction of sp³-hybridized carbons (Fsp3) is 0.212. The van der Waals surface area contributed by atoms with Gasteiger partial charge in [-0.15, -0.1) is 0 Å². The Morgan fingerprint density at radius 3 is 2.28 bits per heavy atom. The number of benzene rings is 3. The molecule has 220 valence electrons. The molecular weight excluding hydrogens is 555 g/mol. The van der Waals surface area contributed by atoms with E-state index < -0.39 is 11.7 Å². The molecule has 5 aromatic rings. The number of hydrogen-bond donors (Lipinski definition) is 1. The van der Waals surface area contributed by atoms with Gasteiger partial charge in [0, 0.05) is 50.2 Å². The monoisotopic (exact) mass is 585 g/mol. The van der Waals surface area contributed by atoms with Gasteiger partial charge in [0.1, 0.15) is 11.4 Å². The van der Waals surface area contributed by atoms with Crippen molar-refractivity contribution in [3.63, 3.8) is 0 Å². The molecule has 3 heterocycles. The van der Waals surface area contributed by atoms with Gasteiger partial charge < -0.3 is 19.4 Å². The number of alkyl halides is 3. The van der Waals surface area contributed by atoms with Crippen LogP contribution in [-0.2, 0) is 12.7 Å². The molecule has 0 bridgehead atoms. The molecule has 0 radical (unpaired) electrons. The summed E-state index contributed by atoms with van der Waals surface area (Å²) in [5.41, 5.74) is 4.58. The number of amides is 2.